The lowest BCUT2D eigenvalue weighted by Gasteiger charge is -2.41. The standard InChI is InChI=1S/C28H49N3O4/c1-9-35-27(34)20(4)18-23(19(2)3)30(8)26(33)24(28(5,6)7)29-25(32)22-16-12-13-17-31(22)21-14-10-11-15-21/h18-19,21-24H,9-17H2,1-8H3,(H,29,32)/b20-18+/t22?,23-,24?/m1/s1. The summed E-state index contributed by atoms with van der Waals surface area (Å²) in [5.41, 5.74) is 0.0194. The zero-order valence-corrected chi connectivity index (χ0v) is 23.4. The molecule has 3 atom stereocenters. The van der Waals surface area contributed by atoms with Gasteiger partial charge in [-0.3, -0.25) is 14.5 Å². The maximum Gasteiger partial charge on any atom is 0.333 e. The fourth-order valence-corrected chi connectivity index (χ4v) is 5.47. The maximum absolute atomic E-state index is 13.8. The van der Waals surface area contributed by atoms with Crippen molar-refractivity contribution in [2.24, 2.45) is 11.3 Å². The van der Waals surface area contributed by atoms with Crippen LogP contribution in [-0.2, 0) is 19.1 Å². The van der Waals surface area contributed by atoms with E-state index in [4.69, 9.17) is 4.74 Å². The molecule has 2 fully saturated rings. The van der Waals surface area contributed by atoms with E-state index in [-0.39, 0.29) is 35.8 Å². The first-order chi connectivity index (χ1) is 16.4. The lowest BCUT2D eigenvalue weighted by Crippen LogP contribution is -2.60. The maximum atomic E-state index is 13.8. The molecule has 0 aromatic rings. The number of nitrogens with one attached hydrogen (secondary N) is 1. The third-order valence-electron chi connectivity index (χ3n) is 7.54. The summed E-state index contributed by atoms with van der Waals surface area (Å²) in [6.45, 7) is 14.8. The smallest absolute Gasteiger partial charge is 0.333 e. The van der Waals surface area contributed by atoms with Crippen molar-refractivity contribution in [3.8, 4) is 0 Å². The van der Waals surface area contributed by atoms with Gasteiger partial charge in [0.15, 0.2) is 0 Å². The van der Waals surface area contributed by atoms with Gasteiger partial charge in [-0.25, -0.2) is 4.79 Å². The minimum Gasteiger partial charge on any atom is -0.463 e. The number of hydrogen-bond donors (Lipinski definition) is 1. The van der Waals surface area contributed by atoms with Gasteiger partial charge in [0.2, 0.25) is 11.8 Å². The van der Waals surface area contributed by atoms with Crippen LogP contribution in [0.4, 0.5) is 0 Å². The Balaban J connectivity index is 2.23. The molecule has 1 aliphatic heterocycles. The normalized spacial score (nSPS) is 22.1. The number of rotatable bonds is 9. The van der Waals surface area contributed by atoms with Gasteiger partial charge in [0, 0.05) is 18.7 Å². The highest BCUT2D eigenvalue weighted by molar-refractivity contribution is 5.91. The second-order valence-electron chi connectivity index (χ2n) is 11.7. The highest BCUT2D eigenvalue weighted by Crippen LogP contribution is 2.30. The van der Waals surface area contributed by atoms with Crippen molar-refractivity contribution in [2.45, 2.75) is 118 Å². The van der Waals surface area contributed by atoms with Crippen molar-refractivity contribution in [3.05, 3.63) is 11.6 Å². The second kappa shape index (κ2) is 12.9. The van der Waals surface area contributed by atoms with Crippen molar-refractivity contribution in [1.29, 1.82) is 0 Å². The van der Waals surface area contributed by atoms with Gasteiger partial charge < -0.3 is 15.0 Å². The molecule has 2 rings (SSSR count). The Morgan fingerprint density at radius 1 is 1.09 bits per heavy atom. The van der Waals surface area contributed by atoms with Gasteiger partial charge in [-0.15, -0.1) is 0 Å². The number of ether oxygens (including phenoxy) is 1. The molecule has 1 N–H and O–H groups in total. The zero-order chi connectivity index (χ0) is 26.3. The summed E-state index contributed by atoms with van der Waals surface area (Å²) in [6, 6.07) is -0.635. The van der Waals surface area contributed by atoms with E-state index in [2.05, 4.69) is 10.2 Å². The second-order valence-corrected chi connectivity index (χ2v) is 11.7. The van der Waals surface area contributed by atoms with Crippen molar-refractivity contribution >= 4 is 17.8 Å². The lowest BCUT2D eigenvalue weighted by molar-refractivity contribution is -0.142. The van der Waals surface area contributed by atoms with Gasteiger partial charge in [-0.2, -0.15) is 0 Å². The molecule has 1 saturated heterocycles. The summed E-state index contributed by atoms with van der Waals surface area (Å²) in [7, 11) is 1.76. The van der Waals surface area contributed by atoms with Crippen LogP contribution in [-0.4, -0.2) is 72.0 Å². The van der Waals surface area contributed by atoms with Crippen LogP contribution >= 0.6 is 0 Å². The molecule has 1 saturated carbocycles. The molecule has 1 heterocycles. The SMILES string of the molecule is CCOC(=O)/C(C)=C/[C@H](C(C)C)N(C)C(=O)C(NC(=O)C1CCCCN1C1CCCC1)C(C)(C)C. The van der Waals surface area contributed by atoms with E-state index in [1.165, 1.54) is 12.8 Å². The molecular formula is C28H49N3O4. The zero-order valence-electron chi connectivity index (χ0n) is 23.4. The molecule has 0 radical (unpaired) electrons. The summed E-state index contributed by atoms with van der Waals surface area (Å²) >= 11 is 0. The van der Waals surface area contributed by atoms with Crippen LogP contribution in [0.25, 0.3) is 0 Å². The number of likely N-dealkylation sites (tertiary alicyclic amines) is 1. The highest BCUT2D eigenvalue weighted by Gasteiger charge is 2.41. The quantitative estimate of drug-likeness (QED) is 0.384. The number of carbonyl (C=O) groups excluding carboxylic acids is 3. The fourth-order valence-electron chi connectivity index (χ4n) is 5.47. The molecule has 2 aliphatic rings. The van der Waals surface area contributed by atoms with Crippen LogP contribution in [0.1, 0.15) is 93.4 Å². The molecule has 200 valence electrons. The predicted molar refractivity (Wildman–Crippen MR) is 140 cm³/mol. The number of piperidine rings is 1. The average molecular weight is 492 g/mol. The number of carbonyl (C=O) groups is 3. The Morgan fingerprint density at radius 2 is 1.69 bits per heavy atom. The van der Waals surface area contributed by atoms with E-state index in [1.807, 2.05) is 40.7 Å². The first-order valence-electron chi connectivity index (χ1n) is 13.6. The lowest BCUT2D eigenvalue weighted by atomic mass is 9.84. The number of esters is 1. The van der Waals surface area contributed by atoms with Crippen molar-refractivity contribution in [1.82, 2.24) is 15.1 Å². The van der Waals surface area contributed by atoms with Crippen molar-refractivity contribution in [3.63, 3.8) is 0 Å². The molecule has 7 heteroatoms. The molecule has 0 aromatic heterocycles. The van der Waals surface area contributed by atoms with E-state index < -0.39 is 11.5 Å². The van der Waals surface area contributed by atoms with E-state index in [0.717, 1.165) is 38.6 Å². The molecule has 35 heavy (non-hydrogen) atoms. The molecule has 2 unspecified atom stereocenters. The monoisotopic (exact) mass is 491 g/mol. The van der Waals surface area contributed by atoms with Crippen molar-refractivity contribution < 1.29 is 19.1 Å². The van der Waals surface area contributed by atoms with Crippen LogP contribution in [0.2, 0.25) is 0 Å². The van der Waals surface area contributed by atoms with Crippen LogP contribution < -0.4 is 5.32 Å². The Hall–Kier alpha value is -1.89. The first-order valence-corrected chi connectivity index (χ1v) is 13.6. The topological polar surface area (TPSA) is 79.0 Å². The van der Waals surface area contributed by atoms with Gasteiger partial charge in [0.25, 0.3) is 0 Å². The van der Waals surface area contributed by atoms with Crippen molar-refractivity contribution in [2.75, 3.05) is 20.2 Å². The minimum absolute atomic E-state index is 0.0300. The molecule has 0 spiro atoms. The van der Waals surface area contributed by atoms with E-state index in [0.29, 0.717) is 18.2 Å². The molecule has 0 aromatic carbocycles. The summed E-state index contributed by atoms with van der Waals surface area (Å²) in [4.78, 5) is 43.7. The Morgan fingerprint density at radius 3 is 2.23 bits per heavy atom. The van der Waals surface area contributed by atoms with Crippen LogP contribution in [0.5, 0.6) is 0 Å². The van der Waals surface area contributed by atoms with E-state index in [1.54, 1.807) is 25.8 Å². The third-order valence-corrected chi connectivity index (χ3v) is 7.54. The Kier molecular flexibility index (Phi) is 10.8. The van der Waals surface area contributed by atoms with Crippen LogP contribution in [0, 0.1) is 11.3 Å². The highest BCUT2D eigenvalue weighted by atomic mass is 16.5. The number of hydrogen-bond acceptors (Lipinski definition) is 5. The third kappa shape index (κ3) is 7.80. The summed E-state index contributed by atoms with van der Waals surface area (Å²) in [5.74, 6) is -0.455. The van der Waals surface area contributed by atoms with Gasteiger partial charge >= 0.3 is 5.97 Å². The largest absolute Gasteiger partial charge is 0.463 e. The minimum atomic E-state index is -0.662. The van der Waals surface area contributed by atoms with E-state index >= 15 is 0 Å². The van der Waals surface area contributed by atoms with Gasteiger partial charge in [-0.1, -0.05) is 60.0 Å². The molecular weight excluding hydrogens is 442 g/mol. The first kappa shape index (κ1) is 29.3. The van der Waals surface area contributed by atoms with Gasteiger partial charge in [-0.05, 0) is 57.4 Å². The summed E-state index contributed by atoms with van der Waals surface area (Å²) in [5, 5.41) is 3.17. The number of nitrogens with zero attached hydrogens (tertiary/aromatic N) is 2. The Labute approximate surface area is 213 Å². The summed E-state index contributed by atoms with van der Waals surface area (Å²) < 4.78 is 5.13. The fraction of sp³-hybridized carbons (Fsp3) is 0.821. The van der Waals surface area contributed by atoms with Crippen LogP contribution in [0.15, 0.2) is 11.6 Å². The average Bonchev–Trinajstić information content (AvgIpc) is 3.33. The van der Waals surface area contributed by atoms with Gasteiger partial charge in [0.1, 0.15) is 6.04 Å². The molecule has 7 nitrogen and oxygen atoms in total. The van der Waals surface area contributed by atoms with Crippen LogP contribution in [0.3, 0.4) is 0 Å². The molecule has 2 amide bonds. The Bertz CT molecular complexity index is 765. The molecule has 0 bridgehead atoms. The summed E-state index contributed by atoms with van der Waals surface area (Å²) in [6.07, 6.45) is 9.63. The van der Waals surface area contributed by atoms with Gasteiger partial charge in [0.05, 0.1) is 18.7 Å². The number of amides is 2. The molecule has 1 aliphatic carbocycles. The number of likely N-dealkylation sites (N-methyl/N-ethyl adjacent to an activating group) is 1. The predicted octanol–water partition coefficient (Wildman–Crippen LogP) is 4.31. The van der Waals surface area contributed by atoms with E-state index in [9.17, 15) is 14.4 Å².